The summed E-state index contributed by atoms with van der Waals surface area (Å²) in [5.74, 6) is 0.0206. The first-order valence-corrected chi connectivity index (χ1v) is 9.75. The molecule has 1 aromatic heterocycles. The van der Waals surface area contributed by atoms with Gasteiger partial charge in [0.1, 0.15) is 0 Å². The van der Waals surface area contributed by atoms with Crippen LogP contribution in [0.2, 0.25) is 10.0 Å². The van der Waals surface area contributed by atoms with Gasteiger partial charge in [-0.2, -0.15) is 0 Å². The number of aryl methyl sites for hydroxylation is 1. The molecule has 1 N–H and O–H groups in total. The highest BCUT2D eigenvalue weighted by Gasteiger charge is 2.27. The van der Waals surface area contributed by atoms with Gasteiger partial charge in [0.05, 0.1) is 14.9 Å². The maximum Gasteiger partial charge on any atom is 0.261 e. The third kappa shape index (κ3) is 4.14. The van der Waals surface area contributed by atoms with Gasteiger partial charge in [-0.3, -0.25) is 4.79 Å². The van der Waals surface area contributed by atoms with Crippen LogP contribution < -0.4 is 5.32 Å². The van der Waals surface area contributed by atoms with Crippen LogP contribution in [0, 0.1) is 5.41 Å². The van der Waals surface area contributed by atoms with Crippen LogP contribution in [0.3, 0.4) is 0 Å². The van der Waals surface area contributed by atoms with E-state index in [1.54, 1.807) is 17.4 Å². The van der Waals surface area contributed by atoms with Gasteiger partial charge in [-0.05, 0) is 60.4 Å². The lowest BCUT2D eigenvalue weighted by Gasteiger charge is -2.29. The van der Waals surface area contributed by atoms with Gasteiger partial charge in [0.15, 0.2) is 0 Å². The average Bonchev–Trinajstić information content (AvgIpc) is 2.92. The molecule has 0 unspecified atom stereocenters. The number of fused-ring (bicyclic) bond motifs is 1. The van der Waals surface area contributed by atoms with Crippen molar-refractivity contribution in [2.75, 3.05) is 6.54 Å². The Morgan fingerprint density at radius 1 is 1.25 bits per heavy atom. The summed E-state index contributed by atoms with van der Waals surface area (Å²) < 4.78 is 0. The van der Waals surface area contributed by atoms with Crippen molar-refractivity contribution in [3.05, 3.63) is 55.2 Å². The molecule has 2 aromatic rings. The van der Waals surface area contributed by atoms with E-state index < -0.39 is 0 Å². The van der Waals surface area contributed by atoms with E-state index in [4.69, 9.17) is 23.2 Å². The second-order valence-corrected chi connectivity index (χ2v) is 9.11. The van der Waals surface area contributed by atoms with Crippen LogP contribution >= 0.6 is 34.5 Å². The first-order valence-electron chi connectivity index (χ1n) is 8.18. The quantitative estimate of drug-likeness (QED) is 0.739. The molecule has 1 amide bonds. The van der Waals surface area contributed by atoms with E-state index in [0.29, 0.717) is 22.0 Å². The van der Waals surface area contributed by atoms with Crippen molar-refractivity contribution in [3.63, 3.8) is 0 Å². The third-order valence-electron chi connectivity index (χ3n) is 4.50. The summed E-state index contributed by atoms with van der Waals surface area (Å²) in [6.45, 7) is 5.18. The van der Waals surface area contributed by atoms with Gasteiger partial charge in [-0.1, -0.05) is 43.1 Å². The number of amides is 1. The zero-order chi connectivity index (χ0) is 17.3. The van der Waals surface area contributed by atoms with Crippen LogP contribution in [0.5, 0.6) is 0 Å². The fourth-order valence-corrected chi connectivity index (χ4v) is 4.52. The number of carbonyl (C=O) groups excluding carboxylic acids is 1. The largest absolute Gasteiger partial charge is 0.351 e. The van der Waals surface area contributed by atoms with Crippen LogP contribution in [0.15, 0.2) is 24.3 Å². The van der Waals surface area contributed by atoms with E-state index in [2.05, 4.69) is 25.2 Å². The van der Waals surface area contributed by atoms with Crippen molar-refractivity contribution in [1.82, 2.24) is 5.32 Å². The maximum absolute atomic E-state index is 12.4. The van der Waals surface area contributed by atoms with E-state index >= 15 is 0 Å². The second kappa shape index (κ2) is 7.07. The molecular weight excluding hydrogens is 361 g/mol. The maximum atomic E-state index is 12.4. The standard InChI is InChI=1S/C19H21Cl2NOS/c1-19(2)7-5-16-13(11-19)10-17(24-16)18(23)22-8-6-12-3-4-14(20)15(21)9-12/h3-4,9-10H,5-8,11H2,1-2H3,(H,22,23). The Morgan fingerprint density at radius 3 is 2.79 bits per heavy atom. The number of thiophene rings is 1. The number of nitrogens with one attached hydrogen (secondary N) is 1. The van der Waals surface area contributed by atoms with Crippen LogP contribution in [0.4, 0.5) is 0 Å². The zero-order valence-corrected chi connectivity index (χ0v) is 16.2. The SMILES string of the molecule is CC1(C)CCc2sc(C(=O)NCCc3ccc(Cl)c(Cl)c3)cc2C1. The highest BCUT2D eigenvalue weighted by Crippen LogP contribution is 2.38. The topological polar surface area (TPSA) is 29.1 Å². The molecule has 24 heavy (non-hydrogen) atoms. The minimum absolute atomic E-state index is 0.0206. The first-order chi connectivity index (χ1) is 11.3. The Morgan fingerprint density at radius 2 is 2.04 bits per heavy atom. The molecule has 2 nitrogen and oxygen atoms in total. The van der Waals surface area contributed by atoms with E-state index in [1.165, 1.54) is 16.9 Å². The Labute approximate surface area is 157 Å². The molecule has 1 aliphatic carbocycles. The first kappa shape index (κ1) is 17.8. The normalized spacial score (nSPS) is 15.8. The predicted molar refractivity (Wildman–Crippen MR) is 103 cm³/mol. The summed E-state index contributed by atoms with van der Waals surface area (Å²) in [5, 5.41) is 4.11. The monoisotopic (exact) mass is 381 g/mol. The Balaban J connectivity index is 1.58. The number of rotatable bonds is 4. The number of benzene rings is 1. The summed E-state index contributed by atoms with van der Waals surface area (Å²) in [5.41, 5.74) is 2.76. The average molecular weight is 382 g/mol. The van der Waals surface area contributed by atoms with Gasteiger partial charge in [-0.25, -0.2) is 0 Å². The van der Waals surface area contributed by atoms with Crippen LogP contribution in [0.1, 0.15) is 45.9 Å². The number of carbonyl (C=O) groups is 1. The van der Waals surface area contributed by atoms with Gasteiger partial charge in [0.25, 0.3) is 5.91 Å². The molecule has 1 heterocycles. The molecule has 1 aliphatic rings. The van der Waals surface area contributed by atoms with E-state index in [1.807, 2.05) is 12.1 Å². The summed E-state index contributed by atoms with van der Waals surface area (Å²) >= 11 is 13.6. The highest BCUT2D eigenvalue weighted by atomic mass is 35.5. The van der Waals surface area contributed by atoms with Crippen molar-refractivity contribution in [2.45, 2.75) is 39.5 Å². The predicted octanol–water partition coefficient (Wildman–Crippen LogP) is 5.54. The van der Waals surface area contributed by atoms with Crippen molar-refractivity contribution in [3.8, 4) is 0 Å². The van der Waals surface area contributed by atoms with Crippen molar-refractivity contribution >= 4 is 40.4 Å². The van der Waals surface area contributed by atoms with E-state index in [0.717, 1.165) is 29.7 Å². The van der Waals surface area contributed by atoms with Gasteiger partial charge in [0.2, 0.25) is 0 Å². The summed E-state index contributed by atoms with van der Waals surface area (Å²) in [4.78, 5) is 14.6. The molecule has 3 rings (SSSR count). The van der Waals surface area contributed by atoms with Crippen molar-refractivity contribution in [1.29, 1.82) is 0 Å². The van der Waals surface area contributed by atoms with Crippen LogP contribution in [-0.2, 0) is 19.3 Å². The molecule has 1 aromatic carbocycles. The van der Waals surface area contributed by atoms with Crippen molar-refractivity contribution in [2.24, 2.45) is 5.41 Å². The third-order valence-corrected chi connectivity index (χ3v) is 6.48. The molecular formula is C19H21Cl2NOS. The van der Waals surface area contributed by atoms with Crippen LogP contribution in [-0.4, -0.2) is 12.5 Å². The smallest absolute Gasteiger partial charge is 0.261 e. The molecule has 0 radical (unpaired) electrons. The summed E-state index contributed by atoms with van der Waals surface area (Å²) in [7, 11) is 0. The molecule has 0 aliphatic heterocycles. The number of hydrogen-bond donors (Lipinski definition) is 1. The van der Waals surface area contributed by atoms with Gasteiger partial charge in [-0.15, -0.1) is 11.3 Å². The molecule has 128 valence electrons. The van der Waals surface area contributed by atoms with E-state index in [9.17, 15) is 4.79 Å². The molecule has 0 saturated carbocycles. The van der Waals surface area contributed by atoms with Gasteiger partial charge < -0.3 is 5.32 Å². The van der Waals surface area contributed by atoms with Crippen LogP contribution in [0.25, 0.3) is 0 Å². The molecule has 0 fully saturated rings. The molecule has 0 bridgehead atoms. The fourth-order valence-electron chi connectivity index (χ4n) is 3.10. The number of halogens is 2. The second-order valence-electron chi connectivity index (χ2n) is 7.15. The highest BCUT2D eigenvalue weighted by molar-refractivity contribution is 7.14. The van der Waals surface area contributed by atoms with Crippen molar-refractivity contribution < 1.29 is 4.79 Å². The molecule has 5 heteroatoms. The zero-order valence-electron chi connectivity index (χ0n) is 13.9. The lowest BCUT2D eigenvalue weighted by molar-refractivity contribution is 0.0958. The summed E-state index contributed by atoms with van der Waals surface area (Å²) in [6, 6.07) is 7.65. The molecule has 0 saturated heterocycles. The Hall–Kier alpha value is -1.03. The Kier molecular flexibility index (Phi) is 5.24. The summed E-state index contributed by atoms with van der Waals surface area (Å²) in [6.07, 6.45) is 4.08. The number of hydrogen-bond acceptors (Lipinski definition) is 2. The lowest BCUT2D eigenvalue weighted by atomic mass is 9.77. The molecule has 0 atom stereocenters. The van der Waals surface area contributed by atoms with E-state index in [-0.39, 0.29) is 5.91 Å². The fraction of sp³-hybridized carbons (Fsp3) is 0.421. The van der Waals surface area contributed by atoms with Gasteiger partial charge >= 0.3 is 0 Å². The lowest BCUT2D eigenvalue weighted by Crippen LogP contribution is -2.24. The Bertz CT molecular complexity index is 767. The molecule has 0 spiro atoms. The minimum Gasteiger partial charge on any atom is -0.351 e. The van der Waals surface area contributed by atoms with Gasteiger partial charge in [0, 0.05) is 11.4 Å². The minimum atomic E-state index is 0.0206.